The summed E-state index contributed by atoms with van der Waals surface area (Å²) in [7, 11) is 0. The van der Waals surface area contributed by atoms with Crippen molar-refractivity contribution in [3.05, 3.63) is 39.6 Å². The third-order valence-electron chi connectivity index (χ3n) is 1.82. The fourth-order valence-corrected chi connectivity index (χ4v) is 2.04. The molecule has 2 rings (SSSR count). The molecule has 0 bridgehead atoms. The van der Waals surface area contributed by atoms with E-state index in [0.29, 0.717) is 26.4 Å². The molecule has 1 aromatic heterocycles. The fraction of sp³-hybridized carbons (Fsp3) is 0. The topological polar surface area (TPSA) is 43.8 Å². The number of hydrogen-bond acceptors (Lipinski definition) is 2. The zero-order chi connectivity index (χ0) is 11.0. The highest BCUT2D eigenvalue weighted by Crippen LogP contribution is 2.31. The number of nitrogens with two attached hydrogens (primary N) is 1. The van der Waals surface area contributed by atoms with Crippen LogP contribution in [0.4, 0.5) is 5.69 Å². The van der Waals surface area contributed by atoms with Crippen LogP contribution in [0, 0.1) is 0 Å². The van der Waals surface area contributed by atoms with Gasteiger partial charge in [-0.25, -0.2) is 4.68 Å². The fourth-order valence-electron chi connectivity index (χ4n) is 1.23. The molecule has 0 saturated carbocycles. The van der Waals surface area contributed by atoms with Gasteiger partial charge in [0, 0.05) is 11.9 Å². The van der Waals surface area contributed by atoms with Gasteiger partial charge in [0.05, 0.1) is 21.3 Å². The highest BCUT2D eigenvalue weighted by molar-refractivity contribution is 6.38. The highest BCUT2D eigenvalue weighted by Gasteiger charge is 2.10. The van der Waals surface area contributed by atoms with Gasteiger partial charge in [-0.15, -0.1) is 0 Å². The quantitative estimate of drug-likeness (QED) is 0.800. The third-order valence-corrected chi connectivity index (χ3v) is 2.59. The molecule has 3 nitrogen and oxygen atoms in total. The van der Waals surface area contributed by atoms with Gasteiger partial charge in [-0.3, -0.25) is 0 Å². The van der Waals surface area contributed by atoms with E-state index in [1.807, 2.05) is 0 Å². The average molecular weight is 263 g/mol. The van der Waals surface area contributed by atoms with Crippen molar-refractivity contribution >= 4 is 40.5 Å². The van der Waals surface area contributed by atoms with E-state index in [-0.39, 0.29) is 0 Å². The standard InChI is InChI=1S/C9H6Cl3N3/c10-5-3-14-15(4-5)9-7(11)1-6(13)2-8(9)12/h1-4H,13H2. The van der Waals surface area contributed by atoms with Crippen molar-refractivity contribution in [1.29, 1.82) is 0 Å². The molecular formula is C9H6Cl3N3. The first kappa shape index (κ1) is 10.6. The first-order chi connectivity index (χ1) is 7.08. The minimum atomic E-state index is 0.430. The van der Waals surface area contributed by atoms with Gasteiger partial charge in [0.2, 0.25) is 0 Å². The molecule has 0 spiro atoms. The van der Waals surface area contributed by atoms with E-state index in [9.17, 15) is 0 Å². The van der Waals surface area contributed by atoms with Crippen molar-refractivity contribution in [2.45, 2.75) is 0 Å². The molecule has 0 atom stereocenters. The van der Waals surface area contributed by atoms with Crippen molar-refractivity contribution in [3.8, 4) is 5.69 Å². The monoisotopic (exact) mass is 261 g/mol. The van der Waals surface area contributed by atoms with E-state index in [1.165, 1.54) is 10.9 Å². The molecule has 0 saturated heterocycles. The molecule has 0 aliphatic heterocycles. The van der Waals surface area contributed by atoms with Crippen molar-refractivity contribution < 1.29 is 0 Å². The molecule has 0 aliphatic rings. The minimum absolute atomic E-state index is 0.430. The highest BCUT2D eigenvalue weighted by atomic mass is 35.5. The summed E-state index contributed by atoms with van der Waals surface area (Å²) in [6, 6.07) is 3.22. The Kier molecular flexibility index (Phi) is 2.78. The van der Waals surface area contributed by atoms with Crippen molar-refractivity contribution in [2.24, 2.45) is 0 Å². The third kappa shape index (κ3) is 2.04. The first-order valence-corrected chi connectivity index (χ1v) is 5.16. The Labute approximate surface area is 101 Å². The van der Waals surface area contributed by atoms with Crippen LogP contribution < -0.4 is 5.73 Å². The van der Waals surface area contributed by atoms with Crippen LogP contribution in [0.3, 0.4) is 0 Å². The van der Waals surface area contributed by atoms with E-state index in [4.69, 9.17) is 40.5 Å². The Bertz CT molecular complexity index is 484. The van der Waals surface area contributed by atoms with E-state index in [2.05, 4.69) is 5.10 Å². The summed E-state index contributed by atoms with van der Waals surface area (Å²) >= 11 is 17.8. The number of rotatable bonds is 1. The summed E-state index contributed by atoms with van der Waals surface area (Å²) in [6.07, 6.45) is 3.12. The summed E-state index contributed by atoms with van der Waals surface area (Å²) in [5.41, 5.74) is 6.66. The number of aromatic nitrogens is 2. The van der Waals surface area contributed by atoms with Gasteiger partial charge in [-0.05, 0) is 12.1 Å². The lowest BCUT2D eigenvalue weighted by molar-refractivity contribution is 0.881. The second-order valence-corrected chi connectivity index (χ2v) is 4.19. The van der Waals surface area contributed by atoms with Crippen LogP contribution in [0.2, 0.25) is 15.1 Å². The van der Waals surface area contributed by atoms with Gasteiger partial charge < -0.3 is 5.73 Å². The number of anilines is 1. The SMILES string of the molecule is Nc1cc(Cl)c(-n2cc(Cl)cn2)c(Cl)c1. The number of benzene rings is 1. The van der Waals surface area contributed by atoms with Gasteiger partial charge >= 0.3 is 0 Å². The number of halogens is 3. The van der Waals surface area contributed by atoms with Gasteiger partial charge in [0.15, 0.2) is 0 Å². The maximum Gasteiger partial charge on any atom is 0.102 e. The lowest BCUT2D eigenvalue weighted by Crippen LogP contribution is -1.98. The van der Waals surface area contributed by atoms with E-state index >= 15 is 0 Å². The van der Waals surface area contributed by atoms with Crippen LogP contribution in [0.5, 0.6) is 0 Å². The van der Waals surface area contributed by atoms with E-state index in [0.717, 1.165) is 0 Å². The van der Waals surface area contributed by atoms with Gasteiger partial charge in [-0.2, -0.15) is 5.10 Å². The molecule has 0 aliphatic carbocycles. The average Bonchev–Trinajstić information content (AvgIpc) is 2.49. The summed E-state index contributed by atoms with van der Waals surface area (Å²) in [5.74, 6) is 0. The van der Waals surface area contributed by atoms with Crippen molar-refractivity contribution in [2.75, 3.05) is 5.73 Å². The Balaban J connectivity index is 2.62. The zero-order valence-electron chi connectivity index (χ0n) is 7.42. The number of nitrogens with zero attached hydrogens (tertiary/aromatic N) is 2. The van der Waals surface area contributed by atoms with Crippen LogP contribution in [0.1, 0.15) is 0 Å². The van der Waals surface area contributed by atoms with Crippen LogP contribution in [0.15, 0.2) is 24.5 Å². The Hall–Kier alpha value is -0.900. The van der Waals surface area contributed by atoms with Gasteiger partial charge in [0.1, 0.15) is 5.69 Å². The Morgan fingerprint density at radius 1 is 1.13 bits per heavy atom. The molecule has 2 N–H and O–H groups in total. The number of nitrogen functional groups attached to an aromatic ring is 1. The maximum atomic E-state index is 6.01. The lowest BCUT2D eigenvalue weighted by atomic mass is 10.3. The zero-order valence-corrected chi connectivity index (χ0v) is 9.68. The molecule has 1 heterocycles. The molecule has 0 amide bonds. The molecular weight excluding hydrogens is 256 g/mol. The lowest BCUT2D eigenvalue weighted by Gasteiger charge is -2.07. The molecule has 0 unspecified atom stereocenters. The van der Waals surface area contributed by atoms with Crippen LogP contribution >= 0.6 is 34.8 Å². The normalized spacial score (nSPS) is 10.6. The minimum Gasteiger partial charge on any atom is -0.399 e. The van der Waals surface area contributed by atoms with Crippen molar-refractivity contribution in [3.63, 3.8) is 0 Å². The summed E-state index contributed by atoms with van der Waals surface area (Å²) < 4.78 is 1.51. The van der Waals surface area contributed by atoms with Crippen LogP contribution in [-0.4, -0.2) is 9.78 Å². The maximum absolute atomic E-state index is 6.01. The van der Waals surface area contributed by atoms with Gasteiger partial charge in [0.25, 0.3) is 0 Å². The molecule has 15 heavy (non-hydrogen) atoms. The predicted octanol–water partition coefficient (Wildman–Crippen LogP) is 3.41. The Morgan fingerprint density at radius 3 is 2.20 bits per heavy atom. The summed E-state index contributed by atoms with van der Waals surface area (Å²) in [5, 5.41) is 5.39. The smallest absolute Gasteiger partial charge is 0.102 e. The van der Waals surface area contributed by atoms with E-state index in [1.54, 1.807) is 18.3 Å². The predicted molar refractivity (Wildman–Crippen MR) is 63.0 cm³/mol. The molecule has 2 aromatic rings. The molecule has 0 fully saturated rings. The summed E-state index contributed by atoms with van der Waals surface area (Å²) in [4.78, 5) is 0. The second-order valence-electron chi connectivity index (χ2n) is 2.94. The van der Waals surface area contributed by atoms with Crippen LogP contribution in [-0.2, 0) is 0 Å². The molecule has 0 radical (unpaired) electrons. The Morgan fingerprint density at radius 2 is 1.73 bits per heavy atom. The second kappa shape index (κ2) is 3.93. The van der Waals surface area contributed by atoms with Gasteiger partial charge in [-0.1, -0.05) is 34.8 Å². The first-order valence-electron chi connectivity index (χ1n) is 4.03. The van der Waals surface area contributed by atoms with Crippen molar-refractivity contribution in [1.82, 2.24) is 9.78 Å². The number of hydrogen-bond donors (Lipinski definition) is 1. The molecule has 6 heteroatoms. The molecule has 78 valence electrons. The van der Waals surface area contributed by atoms with Crippen LogP contribution in [0.25, 0.3) is 5.69 Å². The summed E-state index contributed by atoms with van der Waals surface area (Å²) in [6.45, 7) is 0. The molecule has 1 aromatic carbocycles. The largest absolute Gasteiger partial charge is 0.399 e. The van der Waals surface area contributed by atoms with E-state index < -0.39 is 0 Å².